The minimum atomic E-state index is -0.0459. The van der Waals surface area contributed by atoms with Gasteiger partial charge in [0, 0.05) is 36.0 Å². The molecular formula is C19H22N4O3S. The molecular weight excluding hydrogens is 364 g/mol. The fraction of sp³-hybridized carbons (Fsp3) is 0.421. The van der Waals surface area contributed by atoms with Crippen molar-refractivity contribution in [1.82, 2.24) is 9.88 Å². The van der Waals surface area contributed by atoms with Crippen molar-refractivity contribution in [2.75, 3.05) is 30.8 Å². The van der Waals surface area contributed by atoms with Gasteiger partial charge in [0.15, 0.2) is 5.13 Å². The number of benzene rings is 1. The molecule has 0 bridgehead atoms. The lowest BCUT2D eigenvalue weighted by Crippen LogP contribution is -2.36. The first kappa shape index (κ1) is 17.9. The molecule has 0 saturated heterocycles. The number of fused-ring (bicyclic) bond motifs is 1. The molecule has 1 aromatic carbocycles. The van der Waals surface area contributed by atoms with Crippen molar-refractivity contribution in [2.45, 2.75) is 25.8 Å². The van der Waals surface area contributed by atoms with Gasteiger partial charge in [-0.05, 0) is 37.1 Å². The molecule has 1 aliphatic carbocycles. The van der Waals surface area contributed by atoms with Crippen molar-refractivity contribution < 1.29 is 14.3 Å². The molecule has 27 heavy (non-hydrogen) atoms. The highest BCUT2D eigenvalue weighted by molar-refractivity contribution is 7.15. The molecule has 4 rings (SSSR count). The van der Waals surface area contributed by atoms with Gasteiger partial charge in [0.2, 0.25) is 11.8 Å². The second kappa shape index (κ2) is 7.66. The number of amides is 2. The zero-order valence-electron chi connectivity index (χ0n) is 15.2. The lowest BCUT2D eigenvalue weighted by molar-refractivity contribution is -0.118. The molecule has 1 aliphatic heterocycles. The normalized spacial score (nSPS) is 16.5. The Morgan fingerprint density at radius 3 is 2.74 bits per heavy atom. The summed E-state index contributed by atoms with van der Waals surface area (Å²) < 4.78 is 5.12. The largest absolute Gasteiger partial charge is 0.497 e. The van der Waals surface area contributed by atoms with E-state index in [-0.39, 0.29) is 17.7 Å². The van der Waals surface area contributed by atoms with Crippen LogP contribution in [0.5, 0.6) is 5.75 Å². The fourth-order valence-corrected chi connectivity index (χ4v) is 4.12. The molecule has 7 nitrogen and oxygen atoms in total. The van der Waals surface area contributed by atoms with Crippen molar-refractivity contribution in [3.8, 4) is 5.75 Å². The molecule has 8 heteroatoms. The van der Waals surface area contributed by atoms with Crippen LogP contribution in [0.1, 0.15) is 23.4 Å². The van der Waals surface area contributed by atoms with Crippen LogP contribution in [0.4, 0.5) is 10.8 Å². The number of aromatic nitrogens is 1. The van der Waals surface area contributed by atoms with Gasteiger partial charge in [-0.1, -0.05) is 0 Å². The summed E-state index contributed by atoms with van der Waals surface area (Å²) in [4.78, 5) is 32.0. The van der Waals surface area contributed by atoms with E-state index in [2.05, 4.69) is 20.5 Å². The topological polar surface area (TPSA) is 83.6 Å². The monoisotopic (exact) mass is 386 g/mol. The molecule has 142 valence electrons. The Morgan fingerprint density at radius 1 is 1.26 bits per heavy atom. The minimum absolute atomic E-state index is 0.0459. The van der Waals surface area contributed by atoms with Crippen LogP contribution in [0.2, 0.25) is 0 Å². The van der Waals surface area contributed by atoms with Gasteiger partial charge in [0.1, 0.15) is 5.75 Å². The average Bonchev–Trinajstić information content (AvgIpc) is 3.43. The summed E-state index contributed by atoms with van der Waals surface area (Å²) in [6.45, 7) is 1.79. The first-order valence-electron chi connectivity index (χ1n) is 9.06. The number of carbonyl (C=O) groups is 2. The van der Waals surface area contributed by atoms with Crippen LogP contribution in [0.15, 0.2) is 24.3 Å². The van der Waals surface area contributed by atoms with Crippen molar-refractivity contribution >= 4 is 34.0 Å². The molecule has 0 spiro atoms. The van der Waals surface area contributed by atoms with Crippen LogP contribution in [-0.2, 0) is 22.6 Å². The van der Waals surface area contributed by atoms with Crippen LogP contribution in [0.3, 0.4) is 0 Å². The van der Waals surface area contributed by atoms with E-state index in [0.717, 1.165) is 47.8 Å². The van der Waals surface area contributed by atoms with E-state index in [0.29, 0.717) is 18.2 Å². The third-order valence-corrected chi connectivity index (χ3v) is 5.73. The first-order chi connectivity index (χ1) is 13.1. The Morgan fingerprint density at radius 2 is 2.04 bits per heavy atom. The van der Waals surface area contributed by atoms with Gasteiger partial charge in [-0.2, -0.15) is 0 Å². The third kappa shape index (κ3) is 4.45. The van der Waals surface area contributed by atoms with Crippen molar-refractivity contribution in [3.63, 3.8) is 0 Å². The van der Waals surface area contributed by atoms with E-state index in [9.17, 15) is 9.59 Å². The molecule has 1 fully saturated rings. The number of ether oxygens (including phenoxy) is 1. The zero-order chi connectivity index (χ0) is 18.8. The summed E-state index contributed by atoms with van der Waals surface area (Å²) in [5.41, 5.74) is 1.79. The fourth-order valence-electron chi connectivity index (χ4n) is 3.07. The number of methoxy groups -OCH3 is 1. The van der Waals surface area contributed by atoms with Crippen LogP contribution in [-0.4, -0.2) is 41.9 Å². The number of nitrogens with one attached hydrogen (secondary N) is 2. The van der Waals surface area contributed by atoms with E-state index in [1.165, 1.54) is 11.3 Å². The summed E-state index contributed by atoms with van der Waals surface area (Å²) in [6.07, 6.45) is 2.75. The Hall–Kier alpha value is -2.45. The molecule has 2 heterocycles. The summed E-state index contributed by atoms with van der Waals surface area (Å²) in [5.74, 6) is 0.961. The molecule has 2 N–H and O–H groups in total. The van der Waals surface area contributed by atoms with Crippen molar-refractivity contribution in [2.24, 2.45) is 5.92 Å². The van der Waals surface area contributed by atoms with E-state index in [1.54, 1.807) is 7.11 Å². The highest BCUT2D eigenvalue weighted by Gasteiger charge is 2.31. The predicted octanol–water partition coefficient (Wildman–Crippen LogP) is 2.50. The predicted molar refractivity (Wildman–Crippen MR) is 104 cm³/mol. The second-order valence-electron chi connectivity index (χ2n) is 6.89. The maximum Gasteiger partial charge on any atom is 0.238 e. The second-order valence-corrected chi connectivity index (χ2v) is 7.97. The molecule has 2 aliphatic rings. The number of anilines is 2. The molecule has 0 unspecified atom stereocenters. The van der Waals surface area contributed by atoms with Gasteiger partial charge < -0.3 is 15.4 Å². The summed E-state index contributed by atoms with van der Waals surface area (Å²) >= 11 is 1.52. The standard InChI is InChI=1S/C19H22N4O3S/c1-26-14-6-4-13(5-7-14)20-17(24)11-23-9-8-15-16(10-23)27-19(21-15)22-18(25)12-2-3-12/h4-7,12H,2-3,8-11H2,1H3,(H,20,24)(H,21,22,25). The van der Waals surface area contributed by atoms with Gasteiger partial charge in [-0.15, -0.1) is 11.3 Å². The number of carbonyl (C=O) groups excluding carboxylic acids is 2. The Balaban J connectivity index is 1.31. The van der Waals surface area contributed by atoms with Gasteiger partial charge in [-0.3, -0.25) is 14.5 Å². The van der Waals surface area contributed by atoms with Gasteiger partial charge in [-0.25, -0.2) is 4.98 Å². The van der Waals surface area contributed by atoms with Crippen LogP contribution >= 0.6 is 11.3 Å². The maximum absolute atomic E-state index is 12.3. The minimum Gasteiger partial charge on any atom is -0.497 e. The highest BCUT2D eigenvalue weighted by atomic mass is 32.1. The van der Waals surface area contributed by atoms with E-state index < -0.39 is 0 Å². The average molecular weight is 386 g/mol. The molecule has 2 aromatic rings. The number of hydrogen-bond donors (Lipinski definition) is 2. The smallest absolute Gasteiger partial charge is 0.238 e. The van der Waals surface area contributed by atoms with Gasteiger partial charge in [0.25, 0.3) is 0 Å². The molecule has 1 aromatic heterocycles. The first-order valence-corrected chi connectivity index (χ1v) is 9.88. The summed E-state index contributed by atoms with van der Waals surface area (Å²) in [6, 6.07) is 7.28. The SMILES string of the molecule is COc1ccc(NC(=O)CN2CCc3nc(NC(=O)C4CC4)sc3C2)cc1. The Bertz CT molecular complexity index is 845. The zero-order valence-corrected chi connectivity index (χ0v) is 16.0. The number of hydrogen-bond acceptors (Lipinski definition) is 6. The molecule has 0 radical (unpaired) electrons. The third-order valence-electron chi connectivity index (χ3n) is 4.73. The number of thiazole rings is 1. The lowest BCUT2D eigenvalue weighted by Gasteiger charge is -2.25. The maximum atomic E-state index is 12.3. The summed E-state index contributed by atoms with van der Waals surface area (Å²) in [7, 11) is 1.61. The quantitative estimate of drug-likeness (QED) is 0.797. The van der Waals surface area contributed by atoms with Crippen LogP contribution in [0, 0.1) is 5.92 Å². The lowest BCUT2D eigenvalue weighted by atomic mass is 10.2. The highest BCUT2D eigenvalue weighted by Crippen LogP contribution is 2.32. The van der Waals surface area contributed by atoms with E-state index in [1.807, 2.05) is 24.3 Å². The Labute approximate surface area is 161 Å². The van der Waals surface area contributed by atoms with Crippen LogP contribution in [0.25, 0.3) is 0 Å². The van der Waals surface area contributed by atoms with Crippen LogP contribution < -0.4 is 15.4 Å². The molecule has 0 atom stereocenters. The molecule has 1 saturated carbocycles. The number of nitrogens with zero attached hydrogens (tertiary/aromatic N) is 2. The van der Waals surface area contributed by atoms with E-state index >= 15 is 0 Å². The summed E-state index contributed by atoms with van der Waals surface area (Å²) in [5, 5.41) is 6.51. The van der Waals surface area contributed by atoms with E-state index in [4.69, 9.17) is 4.74 Å². The van der Waals surface area contributed by atoms with Crippen molar-refractivity contribution in [1.29, 1.82) is 0 Å². The van der Waals surface area contributed by atoms with Crippen molar-refractivity contribution in [3.05, 3.63) is 34.8 Å². The Kier molecular flexibility index (Phi) is 5.09. The number of rotatable bonds is 6. The van der Waals surface area contributed by atoms with Gasteiger partial charge >= 0.3 is 0 Å². The van der Waals surface area contributed by atoms with Gasteiger partial charge in [0.05, 0.1) is 19.3 Å². The molecule has 2 amide bonds.